The molecule has 0 bridgehead atoms. The fraction of sp³-hybridized carbons (Fsp3) is 0.387. The Morgan fingerprint density at radius 2 is 1.67 bits per heavy atom. The van der Waals surface area contributed by atoms with E-state index in [9.17, 15) is 32.3 Å². The van der Waals surface area contributed by atoms with Crippen LogP contribution in [0.5, 0.6) is 11.5 Å². The molecular formula is C31H35F4N3O5. The second-order valence-electron chi connectivity index (χ2n) is 11.0. The number of carbonyl (C=O) groups is 2. The van der Waals surface area contributed by atoms with Gasteiger partial charge >= 0.3 is 6.18 Å². The van der Waals surface area contributed by atoms with E-state index in [1.165, 1.54) is 43.5 Å². The zero-order valence-corrected chi connectivity index (χ0v) is 24.5. The molecule has 2 aromatic carbocycles. The molecule has 1 unspecified atom stereocenters. The maximum atomic E-state index is 14.6. The van der Waals surface area contributed by atoms with Gasteiger partial charge in [-0.2, -0.15) is 13.2 Å². The van der Waals surface area contributed by atoms with Crippen molar-refractivity contribution in [2.45, 2.75) is 63.9 Å². The van der Waals surface area contributed by atoms with Crippen LogP contribution in [0.3, 0.4) is 0 Å². The van der Waals surface area contributed by atoms with Gasteiger partial charge in [-0.05, 0) is 80.4 Å². The van der Waals surface area contributed by atoms with Crippen molar-refractivity contribution in [1.82, 2.24) is 10.3 Å². The summed E-state index contributed by atoms with van der Waals surface area (Å²) < 4.78 is 68.0. The average Bonchev–Trinajstić information content (AvgIpc) is 2.93. The summed E-state index contributed by atoms with van der Waals surface area (Å²) in [6.07, 6.45) is -6.94. The summed E-state index contributed by atoms with van der Waals surface area (Å²) in [6, 6.07) is 11.7. The minimum Gasteiger partial charge on any atom is -0.493 e. The highest BCUT2D eigenvalue weighted by Gasteiger charge is 2.56. The first-order chi connectivity index (χ1) is 20.0. The molecule has 0 aliphatic rings. The first-order valence-electron chi connectivity index (χ1n) is 13.4. The second kappa shape index (κ2) is 13.1. The monoisotopic (exact) mass is 605 g/mol. The van der Waals surface area contributed by atoms with Gasteiger partial charge in [0, 0.05) is 29.1 Å². The number of nitrogens with one attached hydrogen (secondary N) is 1. The molecule has 0 fully saturated rings. The molecule has 1 atom stereocenters. The van der Waals surface area contributed by atoms with Gasteiger partial charge in [0.1, 0.15) is 5.82 Å². The van der Waals surface area contributed by atoms with Crippen molar-refractivity contribution >= 4 is 11.7 Å². The summed E-state index contributed by atoms with van der Waals surface area (Å²) in [5.41, 5.74) is 0.866. The molecule has 3 aromatic rings. The number of pyridine rings is 1. The van der Waals surface area contributed by atoms with Crippen molar-refractivity contribution in [3.63, 3.8) is 0 Å². The average molecular weight is 606 g/mol. The largest absolute Gasteiger partial charge is 0.493 e. The van der Waals surface area contributed by atoms with Gasteiger partial charge in [-0.15, -0.1) is 0 Å². The van der Waals surface area contributed by atoms with Crippen LogP contribution in [-0.4, -0.2) is 47.7 Å². The number of primary amides is 1. The van der Waals surface area contributed by atoms with Crippen LogP contribution in [0.1, 0.15) is 62.2 Å². The predicted octanol–water partition coefficient (Wildman–Crippen LogP) is 5.41. The van der Waals surface area contributed by atoms with Crippen LogP contribution in [0.2, 0.25) is 0 Å². The smallest absolute Gasteiger partial charge is 0.422 e. The molecular weight excluding hydrogens is 570 g/mol. The summed E-state index contributed by atoms with van der Waals surface area (Å²) >= 11 is 0. The van der Waals surface area contributed by atoms with Crippen LogP contribution < -0.4 is 20.5 Å². The number of halogens is 4. The molecule has 1 aromatic heterocycles. The number of aliphatic hydroxyl groups is 1. The van der Waals surface area contributed by atoms with E-state index in [0.29, 0.717) is 11.1 Å². The van der Waals surface area contributed by atoms with E-state index in [4.69, 9.17) is 15.2 Å². The number of ether oxygens (including phenoxy) is 2. The lowest BCUT2D eigenvalue weighted by molar-refractivity contribution is -0.270. The molecule has 232 valence electrons. The van der Waals surface area contributed by atoms with Gasteiger partial charge < -0.3 is 25.6 Å². The van der Waals surface area contributed by atoms with Crippen LogP contribution >= 0.6 is 0 Å². The van der Waals surface area contributed by atoms with E-state index in [0.717, 1.165) is 12.1 Å². The maximum absolute atomic E-state index is 14.6. The van der Waals surface area contributed by atoms with Gasteiger partial charge in [-0.1, -0.05) is 13.8 Å². The molecule has 4 N–H and O–H groups in total. The Bertz CT molecular complexity index is 1460. The van der Waals surface area contributed by atoms with E-state index in [2.05, 4.69) is 10.3 Å². The van der Waals surface area contributed by atoms with Crippen LogP contribution in [0, 0.1) is 5.82 Å². The number of alkyl halides is 3. The summed E-state index contributed by atoms with van der Waals surface area (Å²) in [5.74, 6) is -1.80. The number of methoxy groups -OCH3 is 1. The zero-order chi connectivity index (χ0) is 32.2. The predicted molar refractivity (Wildman–Crippen MR) is 152 cm³/mol. The summed E-state index contributed by atoms with van der Waals surface area (Å²) in [4.78, 5) is 28.3. The summed E-state index contributed by atoms with van der Waals surface area (Å²) in [5, 5.41) is 14.6. The summed E-state index contributed by atoms with van der Waals surface area (Å²) in [6.45, 7) is 6.88. The molecule has 12 heteroatoms. The standard InChI is InChI=1S/C31H35F4N3O5/c1-18(2)38-29(3,4)21-15-23(19-6-9-22(32)10-7-19)37-27(16-21)30(41,31(33,34)35)13-12-24(39)20-8-11-25(26(14-20)42-5)43-17-28(36)40/h6-11,14-16,18,38,41H,12-13,17H2,1-5H3,(H2,36,40). The van der Waals surface area contributed by atoms with Crippen LogP contribution in [0.15, 0.2) is 54.6 Å². The second-order valence-corrected chi connectivity index (χ2v) is 11.0. The van der Waals surface area contributed by atoms with Crippen molar-refractivity contribution in [2.24, 2.45) is 5.73 Å². The van der Waals surface area contributed by atoms with Crippen molar-refractivity contribution < 1.29 is 41.7 Å². The van der Waals surface area contributed by atoms with Crippen molar-refractivity contribution in [1.29, 1.82) is 0 Å². The maximum Gasteiger partial charge on any atom is 0.422 e. The molecule has 1 heterocycles. The molecule has 0 spiro atoms. The highest BCUT2D eigenvalue weighted by atomic mass is 19.4. The fourth-order valence-electron chi connectivity index (χ4n) is 4.64. The van der Waals surface area contributed by atoms with Gasteiger partial charge in [-0.3, -0.25) is 9.59 Å². The molecule has 0 radical (unpaired) electrons. The lowest BCUT2D eigenvalue weighted by atomic mass is 9.85. The van der Waals surface area contributed by atoms with E-state index >= 15 is 0 Å². The Balaban J connectivity index is 2.04. The highest BCUT2D eigenvalue weighted by molar-refractivity contribution is 5.96. The number of ketones is 1. The zero-order valence-electron chi connectivity index (χ0n) is 24.5. The van der Waals surface area contributed by atoms with E-state index < -0.39 is 60.0 Å². The molecule has 8 nitrogen and oxygen atoms in total. The number of hydrogen-bond acceptors (Lipinski definition) is 7. The third-order valence-electron chi connectivity index (χ3n) is 6.80. The molecule has 0 aliphatic heterocycles. The van der Waals surface area contributed by atoms with E-state index in [1.807, 2.05) is 13.8 Å². The van der Waals surface area contributed by atoms with Crippen molar-refractivity contribution in [3.8, 4) is 22.8 Å². The first kappa shape index (κ1) is 33.5. The van der Waals surface area contributed by atoms with Gasteiger partial charge in [0.05, 0.1) is 18.5 Å². The molecule has 0 aliphatic carbocycles. The number of nitrogens with zero attached hydrogens (tertiary/aromatic N) is 1. The topological polar surface area (TPSA) is 124 Å². The van der Waals surface area contributed by atoms with Gasteiger partial charge in [0.2, 0.25) is 5.60 Å². The third-order valence-corrected chi connectivity index (χ3v) is 6.80. The number of aromatic nitrogens is 1. The van der Waals surface area contributed by atoms with E-state index in [-0.39, 0.29) is 28.8 Å². The van der Waals surface area contributed by atoms with E-state index in [1.54, 1.807) is 19.9 Å². The van der Waals surface area contributed by atoms with Crippen molar-refractivity contribution in [3.05, 3.63) is 77.2 Å². The SMILES string of the molecule is COc1cc(C(=O)CCC(O)(c2cc(C(C)(C)NC(C)C)cc(-c3ccc(F)cc3)n2)C(F)(F)F)ccc1OCC(N)=O. The van der Waals surface area contributed by atoms with Crippen LogP contribution in [0.25, 0.3) is 11.3 Å². The number of amides is 1. The lowest BCUT2D eigenvalue weighted by Crippen LogP contribution is -2.45. The molecule has 3 rings (SSSR count). The van der Waals surface area contributed by atoms with Gasteiger partial charge in [0.15, 0.2) is 23.9 Å². The molecule has 43 heavy (non-hydrogen) atoms. The van der Waals surface area contributed by atoms with Crippen LogP contribution in [-0.2, 0) is 15.9 Å². The minimum atomic E-state index is -5.21. The number of nitrogens with two attached hydrogens (primary N) is 1. The first-order valence-corrected chi connectivity index (χ1v) is 13.4. The quantitative estimate of drug-likeness (QED) is 0.176. The third kappa shape index (κ3) is 8.08. The molecule has 0 saturated carbocycles. The van der Waals surface area contributed by atoms with Gasteiger partial charge in [0.25, 0.3) is 5.91 Å². The Labute approximate surface area is 247 Å². The van der Waals surface area contributed by atoms with Crippen molar-refractivity contribution in [2.75, 3.05) is 13.7 Å². The highest BCUT2D eigenvalue weighted by Crippen LogP contribution is 2.44. The Kier molecular flexibility index (Phi) is 10.2. The molecule has 0 saturated heterocycles. The Hall–Kier alpha value is -4.03. The summed E-state index contributed by atoms with van der Waals surface area (Å²) in [7, 11) is 1.29. The molecule has 1 amide bonds. The van der Waals surface area contributed by atoms with Gasteiger partial charge in [-0.25, -0.2) is 9.37 Å². The normalized spacial score (nSPS) is 13.5. The number of benzene rings is 2. The number of carbonyl (C=O) groups excluding carboxylic acids is 2. The number of hydrogen-bond donors (Lipinski definition) is 3. The fourth-order valence-corrected chi connectivity index (χ4v) is 4.64. The lowest BCUT2D eigenvalue weighted by Gasteiger charge is -2.34. The van der Waals surface area contributed by atoms with Crippen LogP contribution in [0.4, 0.5) is 17.6 Å². The minimum absolute atomic E-state index is 0.00350. The number of rotatable bonds is 13. The number of Topliss-reactive ketones (excluding diaryl/α,β-unsaturated/α-hetero) is 1. The Morgan fingerprint density at radius 1 is 1.02 bits per heavy atom. The Morgan fingerprint density at radius 3 is 2.23 bits per heavy atom.